The summed E-state index contributed by atoms with van der Waals surface area (Å²) >= 11 is 0. The van der Waals surface area contributed by atoms with E-state index in [4.69, 9.17) is 5.11 Å². The SMILES string of the molecule is CCCNC1CCC1C(=O)O. The lowest BCUT2D eigenvalue weighted by Crippen LogP contribution is -2.47. The standard InChI is InChI=1S/C8H15NO2/c1-2-5-9-7-4-3-6(7)8(10)11/h6-7,9H,2-5H2,1H3,(H,10,11). The molecule has 2 unspecified atom stereocenters. The van der Waals surface area contributed by atoms with E-state index in [1.165, 1.54) is 0 Å². The quantitative estimate of drug-likeness (QED) is 0.636. The Bertz CT molecular complexity index is 147. The molecule has 1 rings (SSSR count). The van der Waals surface area contributed by atoms with E-state index in [1.54, 1.807) is 0 Å². The molecule has 2 atom stereocenters. The van der Waals surface area contributed by atoms with Crippen LogP contribution < -0.4 is 5.32 Å². The van der Waals surface area contributed by atoms with Gasteiger partial charge in [0.2, 0.25) is 0 Å². The largest absolute Gasteiger partial charge is 0.481 e. The van der Waals surface area contributed by atoms with Crippen molar-refractivity contribution in [3.05, 3.63) is 0 Å². The fraction of sp³-hybridized carbons (Fsp3) is 0.875. The topological polar surface area (TPSA) is 49.3 Å². The van der Waals surface area contributed by atoms with Gasteiger partial charge in [0, 0.05) is 6.04 Å². The Morgan fingerprint density at radius 1 is 1.64 bits per heavy atom. The van der Waals surface area contributed by atoms with Crippen molar-refractivity contribution in [3.63, 3.8) is 0 Å². The maximum absolute atomic E-state index is 10.5. The summed E-state index contributed by atoms with van der Waals surface area (Å²) in [6.45, 7) is 3.02. The van der Waals surface area contributed by atoms with Gasteiger partial charge in [0.1, 0.15) is 0 Å². The highest BCUT2D eigenvalue weighted by atomic mass is 16.4. The smallest absolute Gasteiger partial charge is 0.308 e. The number of nitrogens with one attached hydrogen (secondary N) is 1. The molecule has 1 aliphatic rings. The highest BCUT2D eigenvalue weighted by Gasteiger charge is 2.35. The Balaban J connectivity index is 2.20. The summed E-state index contributed by atoms with van der Waals surface area (Å²) in [4.78, 5) is 10.5. The third-order valence-electron chi connectivity index (χ3n) is 2.25. The summed E-state index contributed by atoms with van der Waals surface area (Å²) in [5.74, 6) is -0.772. The van der Waals surface area contributed by atoms with Crippen molar-refractivity contribution in [3.8, 4) is 0 Å². The van der Waals surface area contributed by atoms with Gasteiger partial charge in [-0.2, -0.15) is 0 Å². The van der Waals surface area contributed by atoms with Crippen LogP contribution in [0.3, 0.4) is 0 Å². The van der Waals surface area contributed by atoms with Crippen molar-refractivity contribution in [2.45, 2.75) is 32.2 Å². The highest BCUT2D eigenvalue weighted by Crippen LogP contribution is 2.27. The molecule has 0 bridgehead atoms. The third-order valence-corrected chi connectivity index (χ3v) is 2.25. The first-order valence-electron chi connectivity index (χ1n) is 4.22. The van der Waals surface area contributed by atoms with Gasteiger partial charge < -0.3 is 10.4 Å². The molecule has 0 spiro atoms. The normalized spacial score (nSPS) is 29.5. The summed E-state index contributed by atoms with van der Waals surface area (Å²) in [6, 6.07) is 0.243. The van der Waals surface area contributed by atoms with E-state index >= 15 is 0 Å². The molecule has 0 radical (unpaired) electrons. The highest BCUT2D eigenvalue weighted by molar-refractivity contribution is 5.72. The van der Waals surface area contributed by atoms with Crippen LogP contribution in [0.25, 0.3) is 0 Å². The Hall–Kier alpha value is -0.570. The fourth-order valence-corrected chi connectivity index (χ4v) is 1.37. The minimum Gasteiger partial charge on any atom is -0.481 e. The molecule has 0 heterocycles. The Labute approximate surface area is 66.8 Å². The van der Waals surface area contributed by atoms with Crippen LogP contribution in [0.2, 0.25) is 0 Å². The number of carbonyl (C=O) groups is 1. The monoisotopic (exact) mass is 157 g/mol. The van der Waals surface area contributed by atoms with Crippen LogP contribution in [0.1, 0.15) is 26.2 Å². The molecule has 0 saturated heterocycles. The van der Waals surface area contributed by atoms with Crippen molar-refractivity contribution in [1.29, 1.82) is 0 Å². The number of carboxylic acids is 1. The second kappa shape index (κ2) is 3.72. The minimum atomic E-state index is -0.648. The number of rotatable bonds is 4. The van der Waals surface area contributed by atoms with Crippen LogP contribution in [0, 0.1) is 5.92 Å². The molecule has 3 heteroatoms. The lowest BCUT2D eigenvalue weighted by atomic mass is 9.79. The first-order chi connectivity index (χ1) is 5.25. The Morgan fingerprint density at radius 3 is 2.73 bits per heavy atom. The van der Waals surface area contributed by atoms with Gasteiger partial charge in [0.05, 0.1) is 5.92 Å². The Morgan fingerprint density at radius 2 is 2.36 bits per heavy atom. The molecule has 64 valence electrons. The summed E-state index contributed by atoms with van der Waals surface area (Å²) in [5.41, 5.74) is 0. The van der Waals surface area contributed by atoms with Crippen LogP contribution in [0.15, 0.2) is 0 Å². The Kier molecular flexibility index (Phi) is 2.88. The summed E-state index contributed by atoms with van der Waals surface area (Å²) in [5, 5.41) is 11.9. The molecule has 1 saturated carbocycles. The number of hydrogen-bond donors (Lipinski definition) is 2. The second-order valence-electron chi connectivity index (χ2n) is 3.08. The third kappa shape index (κ3) is 1.93. The first kappa shape index (κ1) is 8.53. The second-order valence-corrected chi connectivity index (χ2v) is 3.08. The van der Waals surface area contributed by atoms with Crippen LogP contribution in [-0.2, 0) is 4.79 Å². The van der Waals surface area contributed by atoms with Crippen molar-refractivity contribution in [2.75, 3.05) is 6.54 Å². The molecule has 0 aromatic rings. The predicted octanol–water partition coefficient (Wildman–Crippen LogP) is 0.849. The van der Waals surface area contributed by atoms with Gasteiger partial charge in [-0.25, -0.2) is 0 Å². The van der Waals surface area contributed by atoms with E-state index in [-0.39, 0.29) is 12.0 Å². The van der Waals surface area contributed by atoms with Crippen molar-refractivity contribution in [1.82, 2.24) is 5.32 Å². The van der Waals surface area contributed by atoms with E-state index in [9.17, 15) is 4.79 Å². The molecule has 1 aliphatic carbocycles. The van der Waals surface area contributed by atoms with Crippen LogP contribution in [-0.4, -0.2) is 23.7 Å². The van der Waals surface area contributed by atoms with Gasteiger partial charge in [-0.15, -0.1) is 0 Å². The van der Waals surface area contributed by atoms with E-state index in [1.807, 2.05) is 0 Å². The lowest BCUT2D eigenvalue weighted by molar-refractivity contribution is -0.146. The van der Waals surface area contributed by atoms with E-state index in [2.05, 4.69) is 12.2 Å². The van der Waals surface area contributed by atoms with Crippen molar-refractivity contribution in [2.24, 2.45) is 5.92 Å². The van der Waals surface area contributed by atoms with Gasteiger partial charge in [-0.3, -0.25) is 4.79 Å². The van der Waals surface area contributed by atoms with Crippen molar-refractivity contribution >= 4 is 5.97 Å². The molecule has 0 aromatic heterocycles. The average Bonchev–Trinajstić information content (AvgIpc) is 1.84. The maximum atomic E-state index is 10.5. The number of hydrogen-bond acceptors (Lipinski definition) is 2. The van der Waals surface area contributed by atoms with Crippen LogP contribution in [0.4, 0.5) is 0 Å². The van der Waals surface area contributed by atoms with E-state index in [0.29, 0.717) is 0 Å². The summed E-state index contributed by atoms with van der Waals surface area (Å²) < 4.78 is 0. The zero-order valence-corrected chi connectivity index (χ0v) is 6.84. The molecule has 1 fully saturated rings. The fourth-order valence-electron chi connectivity index (χ4n) is 1.37. The van der Waals surface area contributed by atoms with Gasteiger partial charge >= 0.3 is 5.97 Å². The van der Waals surface area contributed by atoms with Gasteiger partial charge in [0.15, 0.2) is 0 Å². The van der Waals surface area contributed by atoms with Crippen LogP contribution in [0.5, 0.6) is 0 Å². The van der Waals surface area contributed by atoms with Crippen molar-refractivity contribution < 1.29 is 9.90 Å². The predicted molar refractivity (Wildman–Crippen MR) is 42.4 cm³/mol. The summed E-state index contributed by atoms with van der Waals surface area (Å²) in [7, 11) is 0. The summed E-state index contributed by atoms with van der Waals surface area (Å²) in [6.07, 6.45) is 2.94. The van der Waals surface area contributed by atoms with Crippen LogP contribution >= 0.6 is 0 Å². The zero-order chi connectivity index (χ0) is 8.27. The molecule has 0 aromatic carbocycles. The zero-order valence-electron chi connectivity index (χ0n) is 6.84. The first-order valence-corrected chi connectivity index (χ1v) is 4.22. The molecular formula is C8H15NO2. The number of carboxylic acid groups (broad SMARTS) is 1. The van der Waals surface area contributed by atoms with E-state index < -0.39 is 5.97 Å². The lowest BCUT2D eigenvalue weighted by Gasteiger charge is -2.34. The van der Waals surface area contributed by atoms with Gasteiger partial charge in [-0.1, -0.05) is 6.92 Å². The maximum Gasteiger partial charge on any atom is 0.308 e. The average molecular weight is 157 g/mol. The minimum absolute atomic E-state index is 0.124. The van der Waals surface area contributed by atoms with Gasteiger partial charge in [-0.05, 0) is 25.8 Å². The molecule has 0 amide bonds. The molecular weight excluding hydrogens is 142 g/mol. The molecule has 2 N–H and O–H groups in total. The molecule has 11 heavy (non-hydrogen) atoms. The van der Waals surface area contributed by atoms with E-state index in [0.717, 1.165) is 25.8 Å². The molecule has 3 nitrogen and oxygen atoms in total. The van der Waals surface area contributed by atoms with Gasteiger partial charge in [0.25, 0.3) is 0 Å². The number of aliphatic carboxylic acids is 1. The molecule has 0 aliphatic heterocycles.